The van der Waals surface area contributed by atoms with E-state index in [9.17, 15) is 4.79 Å². The summed E-state index contributed by atoms with van der Waals surface area (Å²) in [5.41, 5.74) is 1.18. The van der Waals surface area contributed by atoms with Crippen molar-refractivity contribution in [2.24, 2.45) is 0 Å². The number of amides is 1. The van der Waals surface area contributed by atoms with Gasteiger partial charge in [0.2, 0.25) is 5.91 Å². The van der Waals surface area contributed by atoms with Crippen molar-refractivity contribution in [3.63, 3.8) is 0 Å². The summed E-state index contributed by atoms with van der Waals surface area (Å²) >= 11 is 0. The van der Waals surface area contributed by atoms with Gasteiger partial charge in [-0.15, -0.1) is 0 Å². The zero-order chi connectivity index (χ0) is 17.2. The standard InChI is InChI=1S/C17H23N7O/c1-14-8-20-24(10-14)15-11-21(12-15)13-17(25)23-6-4-22(5-7-23)16-9-18-2-3-19-16/h2-3,8-10,15H,4-7,11-13H2,1H3. The van der Waals surface area contributed by atoms with Crippen LogP contribution in [0, 0.1) is 6.92 Å². The van der Waals surface area contributed by atoms with Gasteiger partial charge in [-0.1, -0.05) is 0 Å². The lowest BCUT2D eigenvalue weighted by molar-refractivity contribution is -0.134. The second kappa shape index (κ2) is 6.79. The average molecular weight is 341 g/mol. The van der Waals surface area contributed by atoms with Gasteiger partial charge < -0.3 is 9.80 Å². The second-order valence-corrected chi connectivity index (χ2v) is 6.78. The van der Waals surface area contributed by atoms with Crippen LogP contribution in [0.4, 0.5) is 5.82 Å². The number of likely N-dealkylation sites (tertiary alicyclic amines) is 1. The maximum atomic E-state index is 12.5. The molecule has 0 aliphatic carbocycles. The molecule has 0 bridgehead atoms. The van der Waals surface area contributed by atoms with Crippen molar-refractivity contribution < 1.29 is 4.79 Å². The first-order valence-corrected chi connectivity index (χ1v) is 8.71. The number of hydrogen-bond donors (Lipinski definition) is 0. The molecule has 8 nitrogen and oxygen atoms in total. The van der Waals surface area contributed by atoms with Gasteiger partial charge in [0.25, 0.3) is 0 Å². The Morgan fingerprint density at radius 3 is 2.60 bits per heavy atom. The highest BCUT2D eigenvalue weighted by Gasteiger charge is 2.32. The molecule has 2 saturated heterocycles. The number of hydrogen-bond acceptors (Lipinski definition) is 6. The molecule has 0 N–H and O–H groups in total. The van der Waals surface area contributed by atoms with Crippen LogP contribution in [-0.2, 0) is 4.79 Å². The molecular formula is C17H23N7O. The van der Waals surface area contributed by atoms with E-state index in [0.29, 0.717) is 12.6 Å². The number of anilines is 1. The zero-order valence-electron chi connectivity index (χ0n) is 14.5. The minimum absolute atomic E-state index is 0.217. The summed E-state index contributed by atoms with van der Waals surface area (Å²) in [6.07, 6.45) is 9.09. The summed E-state index contributed by atoms with van der Waals surface area (Å²) in [5, 5.41) is 4.36. The highest BCUT2D eigenvalue weighted by atomic mass is 16.2. The molecule has 0 saturated carbocycles. The molecule has 4 heterocycles. The van der Waals surface area contributed by atoms with Crippen LogP contribution in [0.1, 0.15) is 11.6 Å². The monoisotopic (exact) mass is 341 g/mol. The van der Waals surface area contributed by atoms with Gasteiger partial charge >= 0.3 is 0 Å². The maximum absolute atomic E-state index is 12.5. The van der Waals surface area contributed by atoms with E-state index < -0.39 is 0 Å². The Balaban J connectivity index is 1.22. The van der Waals surface area contributed by atoms with Crippen LogP contribution in [0.2, 0.25) is 0 Å². The van der Waals surface area contributed by atoms with Gasteiger partial charge in [-0.2, -0.15) is 5.10 Å². The molecule has 2 aliphatic heterocycles. The van der Waals surface area contributed by atoms with Crippen molar-refractivity contribution in [2.75, 3.05) is 50.7 Å². The van der Waals surface area contributed by atoms with Gasteiger partial charge in [-0.05, 0) is 12.5 Å². The van der Waals surface area contributed by atoms with E-state index in [2.05, 4.69) is 31.1 Å². The Kier molecular flexibility index (Phi) is 4.35. The lowest BCUT2D eigenvalue weighted by Crippen LogP contribution is -2.55. The van der Waals surface area contributed by atoms with E-state index in [-0.39, 0.29) is 5.91 Å². The Bertz CT molecular complexity index is 718. The second-order valence-electron chi connectivity index (χ2n) is 6.78. The molecular weight excluding hydrogens is 318 g/mol. The first-order valence-electron chi connectivity index (χ1n) is 8.71. The van der Waals surface area contributed by atoms with E-state index in [4.69, 9.17) is 0 Å². The van der Waals surface area contributed by atoms with Gasteiger partial charge in [-0.25, -0.2) is 4.98 Å². The smallest absolute Gasteiger partial charge is 0.236 e. The van der Waals surface area contributed by atoms with Crippen LogP contribution in [0.3, 0.4) is 0 Å². The summed E-state index contributed by atoms with van der Waals surface area (Å²) in [4.78, 5) is 27.3. The number of aryl methyl sites for hydroxylation is 1. The quantitative estimate of drug-likeness (QED) is 0.791. The van der Waals surface area contributed by atoms with E-state index in [1.807, 2.05) is 22.7 Å². The number of aromatic nitrogens is 4. The average Bonchev–Trinajstić information content (AvgIpc) is 3.04. The zero-order valence-corrected chi connectivity index (χ0v) is 14.5. The molecule has 8 heteroatoms. The third-order valence-electron chi connectivity index (χ3n) is 4.91. The van der Waals surface area contributed by atoms with Crippen molar-refractivity contribution in [2.45, 2.75) is 13.0 Å². The van der Waals surface area contributed by atoms with E-state index in [1.54, 1.807) is 18.6 Å². The summed E-state index contributed by atoms with van der Waals surface area (Å²) in [6.45, 7) is 7.43. The van der Waals surface area contributed by atoms with Gasteiger partial charge in [0.1, 0.15) is 5.82 Å². The van der Waals surface area contributed by atoms with E-state index in [0.717, 1.165) is 45.1 Å². The lowest BCUT2D eigenvalue weighted by atomic mass is 10.1. The highest BCUT2D eigenvalue weighted by Crippen LogP contribution is 2.21. The molecule has 2 aromatic rings. The Morgan fingerprint density at radius 2 is 1.96 bits per heavy atom. The number of piperazine rings is 1. The van der Waals surface area contributed by atoms with Crippen LogP contribution in [0.25, 0.3) is 0 Å². The molecule has 1 amide bonds. The van der Waals surface area contributed by atoms with Gasteiger partial charge in [-0.3, -0.25) is 19.4 Å². The van der Waals surface area contributed by atoms with E-state index >= 15 is 0 Å². The van der Waals surface area contributed by atoms with Gasteiger partial charge in [0, 0.05) is 57.9 Å². The Labute approximate surface area is 147 Å². The predicted molar refractivity (Wildman–Crippen MR) is 93.3 cm³/mol. The molecule has 2 aromatic heterocycles. The van der Waals surface area contributed by atoms with Crippen LogP contribution >= 0.6 is 0 Å². The van der Waals surface area contributed by atoms with Crippen molar-refractivity contribution >= 4 is 11.7 Å². The van der Waals surface area contributed by atoms with Gasteiger partial charge in [0.05, 0.1) is 25.0 Å². The topological polar surface area (TPSA) is 70.4 Å². The normalized spacial score (nSPS) is 19.1. The number of rotatable bonds is 4. The van der Waals surface area contributed by atoms with E-state index in [1.165, 1.54) is 5.56 Å². The summed E-state index contributed by atoms with van der Waals surface area (Å²) in [5.74, 6) is 1.10. The molecule has 25 heavy (non-hydrogen) atoms. The number of carbonyl (C=O) groups excluding carboxylic acids is 1. The molecule has 0 spiro atoms. The van der Waals surface area contributed by atoms with Crippen LogP contribution in [0.5, 0.6) is 0 Å². The third-order valence-corrected chi connectivity index (χ3v) is 4.91. The van der Waals surface area contributed by atoms with Crippen LogP contribution < -0.4 is 4.90 Å². The minimum Gasteiger partial charge on any atom is -0.352 e. The van der Waals surface area contributed by atoms with Crippen LogP contribution in [0.15, 0.2) is 31.0 Å². The molecule has 0 unspecified atom stereocenters. The molecule has 2 aliphatic rings. The minimum atomic E-state index is 0.217. The summed E-state index contributed by atoms with van der Waals surface area (Å²) in [6, 6.07) is 0.398. The fourth-order valence-corrected chi connectivity index (χ4v) is 3.40. The molecule has 0 atom stereocenters. The predicted octanol–water partition coefficient (Wildman–Crippen LogP) is 0.187. The number of nitrogens with zero attached hydrogens (tertiary/aromatic N) is 7. The summed E-state index contributed by atoms with van der Waals surface area (Å²) in [7, 11) is 0. The van der Waals surface area contributed by atoms with Crippen molar-refractivity contribution in [3.8, 4) is 0 Å². The number of carbonyl (C=O) groups is 1. The summed E-state index contributed by atoms with van der Waals surface area (Å²) < 4.78 is 2.01. The SMILES string of the molecule is Cc1cnn(C2CN(CC(=O)N3CCN(c4cnccn4)CC3)C2)c1. The van der Waals surface area contributed by atoms with Crippen molar-refractivity contribution in [1.82, 2.24) is 29.5 Å². The lowest BCUT2D eigenvalue weighted by Gasteiger charge is -2.41. The maximum Gasteiger partial charge on any atom is 0.236 e. The first-order chi connectivity index (χ1) is 12.2. The Hall–Kier alpha value is -2.48. The largest absolute Gasteiger partial charge is 0.352 e. The van der Waals surface area contributed by atoms with Crippen molar-refractivity contribution in [1.29, 1.82) is 0 Å². The molecule has 132 valence electrons. The molecule has 0 aromatic carbocycles. The third kappa shape index (κ3) is 3.48. The highest BCUT2D eigenvalue weighted by molar-refractivity contribution is 5.78. The Morgan fingerprint density at radius 1 is 1.16 bits per heavy atom. The molecule has 2 fully saturated rings. The van der Waals surface area contributed by atoms with Crippen molar-refractivity contribution in [3.05, 3.63) is 36.5 Å². The van der Waals surface area contributed by atoms with Gasteiger partial charge in [0.15, 0.2) is 0 Å². The molecule has 4 rings (SSSR count). The first kappa shape index (κ1) is 16.0. The fraction of sp³-hybridized carbons (Fsp3) is 0.529. The fourth-order valence-electron chi connectivity index (χ4n) is 3.40. The molecule has 0 radical (unpaired) electrons. The van der Waals surface area contributed by atoms with Crippen LogP contribution in [-0.4, -0.2) is 81.3 Å².